The minimum absolute atomic E-state index is 0.979. The highest BCUT2D eigenvalue weighted by atomic mass is 15.3. The molecule has 0 fully saturated rings. The molecule has 1 aliphatic rings. The van der Waals surface area contributed by atoms with Gasteiger partial charge in [-0.3, -0.25) is 4.68 Å². The molecule has 0 amide bonds. The highest BCUT2D eigenvalue weighted by Crippen LogP contribution is 2.21. The molecule has 0 radical (unpaired) electrons. The molecule has 1 aromatic heterocycles. The smallest absolute Gasteiger partial charge is 0.147 e. The van der Waals surface area contributed by atoms with E-state index in [2.05, 4.69) is 15.7 Å². The van der Waals surface area contributed by atoms with Crippen LogP contribution in [0.15, 0.2) is 6.20 Å². The van der Waals surface area contributed by atoms with Crippen molar-refractivity contribution in [1.82, 2.24) is 9.78 Å². The van der Waals surface area contributed by atoms with Gasteiger partial charge in [0.1, 0.15) is 5.82 Å². The Bertz CT molecular complexity index is 240. The van der Waals surface area contributed by atoms with Crippen molar-refractivity contribution in [2.45, 2.75) is 0 Å². The Morgan fingerprint density at radius 1 is 1.50 bits per heavy atom. The van der Waals surface area contributed by atoms with Crippen LogP contribution in [0.5, 0.6) is 0 Å². The normalized spacial score (nSPS) is 15.3. The van der Waals surface area contributed by atoms with E-state index in [-0.39, 0.29) is 0 Å². The van der Waals surface area contributed by atoms with Crippen molar-refractivity contribution >= 4 is 11.5 Å². The van der Waals surface area contributed by atoms with E-state index in [9.17, 15) is 0 Å². The number of nitrogens with zero attached hydrogens (tertiary/aromatic N) is 2. The first-order valence-electron chi connectivity index (χ1n) is 3.37. The van der Waals surface area contributed by atoms with Gasteiger partial charge < -0.3 is 10.6 Å². The molecule has 0 bridgehead atoms. The molecular formula is C6H10N4. The fraction of sp³-hybridized carbons (Fsp3) is 0.500. The minimum Gasteiger partial charge on any atom is -0.379 e. The van der Waals surface area contributed by atoms with Crippen LogP contribution in [0.4, 0.5) is 11.5 Å². The number of nitrogens with one attached hydrogen (secondary N) is 2. The van der Waals surface area contributed by atoms with Gasteiger partial charge in [-0.25, -0.2) is 0 Å². The van der Waals surface area contributed by atoms with Gasteiger partial charge >= 0.3 is 0 Å². The third-order valence-corrected chi connectivity index (χ3v) is 1.67. The third kappa shape index (κ3) is 0.650. The average Bonchev–Trinajstić information content (AvgIpc) is 2.34. The second-order valence-electron chi connectivity index (χ2n) is 2.38. The second-order valence-corrected chi connectivity index (χ2v) is 2.38. The average molecular weight is 138 g/mol. The predicted molar refractivity (Wildman–Crippen MR) is 40.2 cm³/mol. The van der Waals surface area contributed by atoms with E-state index in [1.807, 2.05) is 17.9 Å². The van der Waals surface area contributed by atoms with E-state index in [0.29, 0.717) is 0 Å². The SMILES string of the molecule is Cn1ncc2c1NCCN2. The summed E-state index contributed by atoms with van der Waals surface area (Å²) in [5.74, 6) is 1.09. The lowest BCUT2D eigenvalue weighted by molar-refractivity contribution is 0.768. The van der Waals surface area contributed by atoms with Crippen molar-refractivity contribution in [1.29, 1.82) is 0 Å². The quantitative estimate of drug-likeness (QED) is 0.540. The molecule has 2 rings (SSSR count). The molecule has 1 aromatic rings. The summed E-state index contributed by atoms with van der Waals surface area (Å²) in [4.78, 5) is 0. The molecule has 4 heteroatoms. The van der Waals surface area contributed by atoms with Crippen LogP contribution in [-0.4, -0.2) is 22.9 Å². The van der Waals surface area contributed by atoms with Crippen LogP contribution in [0, 0.1) is 0 Å². The summed E-state index contributed by atoms with van der Waals surface area (Å²) in [5.41, 5.74) is 1.11. The van der Waals surface area contributed by atoms with Gasteiger partial charge in [-0.15, -0.1) is 0 Å². The van der Waals surface area contributed by atoms with E-state index < -0.39 is 0 Å². The summed E-state index contributed by atoms with van der Waals surface area (Å²) in [6, 6.07) is 0. The molecule has 0 saturated heterocycles. The van der Waals surface area contributed by atoms with E-state index in [1.165, 1.54) is 0 Å². The summed E-state index contributed by atoms with van der Waals surface area (Å²) >= 11 is 0. The highest BCUT2D eigenvalue weighted by molar-refractivity contribution is 5.65. The van der Waals surface area contributed by atoms with Crippen LogP contribution in [0.3, 0.4) is 0 Å². The number of fused-ring (bicyclic) bond motifs is 1. The number of aryl methyl sites for hydroxylation is 1. The van der Waals surface area contributed by atoms with Gasteiger partial charge in [0.25, 0.3) is 0 Å². The van der Waals surface area contributed by atoms with Crippen molar-refractivity contribution in [3.63, 3.8) is 0 Å². The Morgan fingerprint density at radius 3 is 3.10 bits per heavy atom. The zero-order valence-corrected chi connectivity index (χ0v) is 5.89. The largest absolute Gasteiger partial charge is 0.379 e. The Kier molecular flexibility index (Phi) is 1.06. The first-order valence-corrected chi connectivity index (χ1v) is 3.37. The van der Waals surface area contributed by atoms with Gasteiger partial charge in [0.05, 0.1) is 11.9 Å². The third-order valence-electron chi connectivity index (χ3n) is 1.67. The van der Waals surface area contributed by atoms with Gasteiger partial charge in [0, 0.05) is 20.1 Å². The Balaban J connectivity index is 2.45. The molecule has 0 aliphatic carbocycles. The first kappa shape index (κ1) is 5.58. The van der Waals surface area contributed by atoms with Gasteiger partial charge in [0.15, 0.2) is 0 Å². The monoisotopic (exact) mass is 138 g/mol. The van der Waals surface area contributed by atoms with Crippen LogP contribution >= 0.6 is 0 Å². The molecule has 1 aliphatic heterocycles. The molecular weight excluding hydrogens is 128 g/mol. The lowest BCUT2D eigenvalue weighted by Crippen LogP contribution is -2.21. The van der Waals surface area contributed by atoms with E-state index in [1.54, 1.807) is 0 Å². The molecule has 2 N–H and O–H groups in total. The number of aromatic nitrogens is 2. The van der Waals surface area contributed by atoms with Gasteiger partial charge in [0.2, 0.25) is 0 Å². The van der Waals surface area contributed by atoms with E-state index in [0.717, 1.165) is 24.6 Å². The molecule has 54 valence electrons. The number of hydrogen-bond acceptors (Lipinski definition) is 3. The topological polar surface area (TPSA) is 41.9 Å². The molecule has 4 nitrogen and oxygen atoms in total. The fourth-order valence-corrected chi connectivity index (χ4v) is 1.15. The molecule has 0 aromatic carbocycles. The fourth-order valence-electron chi connectivity index (χ4n) is 1.15. The second kappa shape index (κ2) is 1.90. The number of rotatable bonds is 0. The Morgan fingerprint density at radius 2 is 2.30 bits per heavy atom. The van der Waals surface area contributed by atoms with Gasteiger partial charge in [-0.1, -0.05) is 0 Å². The molecule has 0 unspecified atom stereocenters. The van der Waals surface area contributed by atoms with Crippen molar-refractivity contribution < 1.29 is 0 Å². The number of anilines is 2. The maximum Gasteiger partial charge on any atom is 0.147 e. The maximum absolute atomic E-state index is 4.09. The van der Waals surface area contributed by atoms with Crippen LogP contribution in [0.1, 0.15) is 0 Å². The summed E-state index contributed by atoms with van der Waals surface area (Å²) in [5, 5.41) is 10.6. The summed E-state index contributed by atoms with van der Waals surface area (Å²) in [7, 11) is 1.93. The molecule has 2 heterocycles. The summed E-state index contributed by atoms with van der Waals surface area (Å²) < 4.78 is 1.83. The first-order chi connectivity index (χ1) is 4.88. The van der Waals surface area contributed by atoms with Crippen molar-refractivity contribution in [2.75, 3.05) is 23.7 Å². The Labute approximate surface area is 59.2 Å². The molecule has 0 saturated carbocycles. The predicted octanol–water partition coefficient (Wildman–Crippen LogP) is 0.257. The maximum atomic E-state index is 4.09. The summed E-state index contributed by atoms with van der Waals surface area (Å²) in [6.45, 7) is 1.96. The molecule has 0 spiro atoms. The zero-order chi connectivity index (χ0) is 6.97. The van der Waals surface area contributed by atoms with Crippen LogP contribution in [-0.2, 0) is 7.05 Å². The van der Waals surface area contributed by atoms with Crippen molar-refractivity contribution in [3.05, 3.63) is 6.20 Å². The van der Waals surface area contributed by atoms with Gasteiger partial charge in [-0.05, 0) is 0 Å². The molecule has 10 heavy (non-hydrogen) atoms. The van der Waals surface area contributed by atoms with Gasteiger partial charge in [-0.2, -0.15) is 5.10 Å². The van der Waals surface area contributed by atoms with E-state index in [4.69, 9.17) is 0 Å². The lowest BCUT2D eigenvalue weighted by Gasteiger charge is -2.15. The number of hydrogen-bond donors (Lipinski definition) is 2. The minimum atomic E-state index is 0.979. The Hall–Kier alpha value is -1.19. The van der Waals surface area contributed by atoms with Crippen molar-refractivity contribution in [3.8, 4) is 0 Å². The zero-order valence-electron chi connectivity index (χ0n) is 5.89. The van der Waals surface area contributed by atoms with Crippen LogP contribution < -0.4 is 10.6 Å². The molecule has 0 atom stereocenters. The standard InChI is InChI=1S/C6H10N4/c1-10-6-5(4-9-10)7-2-3-8-6/h4,7-8H,2-3H2,1H3. The van der Waals surface area contributed by atoms with Crippen molar-refractivity contribution in [2.24, 2.45) is 7.05 Å². The highest BCUT2D eigenvalue weighted by Gasteiger charge is 2.10. The summed E-state index contributed by atoms with van der Waals surface area (Å²) in [6.07, 6.45) is 1.83. The van der Waals surface area contributed by atoms with E-state index >= 15 is 0 Å². The lowest BCUT2D eigenvalue weighted by atomic mass is 10.4. The van der Waals surface area contributed by atoms with Crippen LogP contribution in [0.25, 0.3) is 0 Å². The van der Waals surface area contributed by atoms with Crippen LogP contribution in [0.2, 0.25) is 0 Å².